The van der Waals surface area contributed by atoms with E-state index in [1.807, 2.05) is 30.3 Å². The van der Waals surface area contributed by atoms with Crippen molar-refractivity contribution >= 4 is 39.2 Å². The molecule has 0 radical (unpaired) electrons. The normalized spacial score (nSPS) is 13.4. The molecule has 1 aliphatic heterocycles. The van der Waals surface area contributed by atoms with Crippen LogP contribution in [0.2, 0.25) is 0 Å². The van der Waals surface area contributed by atoms with E-state index in [1.54, 1.807) is 43.6 Å². The van der Waals surface area contributed by atoms with Crippen LogP contribution in [0, 0.1) is 0 Å². The first-order chi connectivity index (χ1) is 13.2. The Kier molecular flexibility index (Phi) is 3.24. The van der Waals surface area contributed by atoms with Crippen molar-refractivity contribution in [3.05, 3.63) is 78.0 Å². The molecule has 130 valence electrons. The number of hydrogen-bond donors (Lipinski definition) is 0. The highest BCUT2D eigenvalue weighted by molar-refractivity contribution is 6.36. The van der Waals surface area contributed by atoms with Crippen LogP contribution in [-0.2, 0) is 0 Å². The van der Waals surface area contributed by atoms with Crippen LogP contribution in [0.3, 0.4) is 0 Å². The summed E-state index contributed by atoms with van der Waals surface area (Å²) < 4.78 is 5.39. The van der Waals surface area contributed by atoms with Gasteiger partial charge < -0.3 is 4.74 Å². The van der Waals surface area contributed by atoms with Crippen LogP contribution < -0.4 is 9.64 Å². The molecule has 0 bridgehead atoms. The minimum Gasteiger partial charge on any atom is -0.496 e. The molecule has 5 nitrogen and oxygen atoms in total. The van der Waals surface area contributed by atoms with Crippen LogP contribution in [-0.4, -0.2) is 23.9 Å². The third kappa shape index (κ3) is 2.15. The maximum atomic E-state index is 13.2. The lowest BCUT2D eigenvalue weighted by molar-refractivity contribution is 0.0893. The number of carbonyl (C=O) groups is 2. The number of aromatic nitrogens is 1. The van der Waals surface area contributed by atoms with Crippen LogP contribution in [0.4, 0.5) is 5.69 Å². The van der Waals surface area contributed by atoms with Crippen molar-refractivity contribution in [2.24, 2.45) is 0 Å². The number of hydrogen-bond acceptors (Lipinski definition) is 4. The van der Waals surface area contributed by atoms with E-state index >= 15 is 0 Å². The van der Waals surface area contributed by atoms with Gasteiger partial charge in [0.05, 0.1) is 18.3 Å². The summed E-state index contributed by atoms with van der Waals surface area (Å²) in [6, 6.07) is 18.0. The number of nitrogens with zero attached hydrogens (tertiary/aromatic N) is 2. The summed E-state index contributed by atoms with van der Waals surface area (Å²) in [5, 5.41) is 2.27. The predicted octanol–water partition coefficient (Wildman–Crippen LogP) is 4.20. The lowest BCUT2D eigenvalue weighted by atomic mass is 9.93. The summed E-state index contributed by atoms with van der Waals surface area (Å²) in [6.45, 7) is 0. The molecule has 5 rings (SSSR count). The van der Waals surface area contributed by atoms with Crippen molar-refractivity contribution in [3.63, 3.8) is 0 Å². The number of pyridine rings is 1. The van der Waals surface area contributed by atoms with Crippen LogP contribution >= 0.6 is 0 Å². The highest BCUT2D eigenvalue weighted by atomic mass is 16.5. The van der Waals surface area contributed by atoms with Crippen molar-refractivity contribution in [1.82, 2.24) is 4.98 Å². The van der Waals surface area contributed by atoms with E-state index < -0.39 is 0 Å². The van der Waals surface area contributed by atoms with Crippen LogP contribution in [0.5, 0.6) is 5.75 Å². The molecule has 4 aromatic rings. The van der Waals surface area contributed by atoms with E-state index in [-0.39, 0.29) is 11.8 Å². The molecule has 27 heavy (non-hydrogen) atoms. The Morgan fingerprint density at radius 3 is 2.52 bits per heavy atom. The molecule has 0 saturated heterocycles. The smallest absolute Gasteiger partial charge is 0.265 e. The summed E-state index contributed by atoms with van der Waals surface area (Å²) in [7, 11) is 1.58. The average molecular weight is 354 g/mol. The summed E-state index contributed by atoms with van der Waals surface area (Å²) >= 11 is 0. The van der Waals surface area contributed by atoms with Gasteiger partial charge in [0.25, 0.3) is 11.8 Å². The highest BCUT2D eigenvalue weighted by Gasteiger charge is 2.34. The second-order valence-electron chi connectivity index (χ2n) is 6.37. The van der Waals surface area contributed by atoms with E-state index in [9.17, 15) is 9.59 Å². The number of benzene rings is 3. The summed E-state index contributed by atoms with van der Waals surface area (Å²) in [4.78, 5) is 31.9. The first-order valence-corrected chi connectivity index (χ1v) is 8.52. The first kappa shape index (κ1) is 15.5. The maximum Gasteiger partial charge on any atom is 0.265 e. The molecule has 0 atom stereocenters. The number of methoxy groups -OCH3 is 1. The predicted molar refractivity (Wildman–Crippen MR) is 103 cm³/mol. The molecule has 0 spiro atoms. The Morgan fingerprint density at radius 1 is 0.889 bits per heavy atom. The monoisotopic (exact) mass is 354 g/mol. The molecular weight excluding hydrogens is 340 g/mol. The number of amides is 2. The summed E-state index contributed by atoms with van der Waals surface area (Å²) in [5.74, 6) is -0.0365. The zero-order valence-corrected chi connectivity index (χ0v) is 14.5. The van der Waals surface area contributed by atoms with E-state index in [1.165, 1.54) is 4.90 Å². The Balaban J connectivity index is 1.74. The van der Waals surface area contributed by atoms with E-state index in [0.717, 1.165) is 16.3 Å². The molecule has 2 amide bonds. The Labute approximate surface area is 154 Å². The van der Waals surface area contributed by atoms with Gasteiger partial charge in [-0.2, -0.15) is 0 Å². The largest absolute Gasteiger partial charge is 0.496 e. The van der Waals surface area contributed by atoms with Gasteiger partial charge in [-0.3, -0.25) is 14.6 Å². The molecular formula is C22H14N2O3. The van der Waals surface area contributed by atoms with Crippen LogP contribution in [0.15, 0.2) is 66.9 Å². The second kappa shape index (κ2) is 5.64. The second-order valence-corrected chi connectivity index (χ2v) is 6.37. The van der Waals surface area contributed by atoms with Gasteiger partial charge in [0.1, 0.15) is 5.75 Å². The van der Waals surface area contributed by atoms with Gasteiger partial charge in [0, 0.05) is 33.5 Å². The SMILES string of the molecule is COc1ccc2c3c(cccc13)C(=O)N(c1ccc3ncccc3c1)C2=O. The molecule has 2 heterocycles. The van der Waals surface area contributed by atoms with Gasteiger partial charge in [-0.05, 0) is 42.5 Å². The first-order valence-electron chi connectivity index (χ1n) is 8.52. The minimum atomic E-state index is -0.338. The fourth-order valence-electron chi connectivity index (χ4n) is 3.68. The molecule has 0 unspecified atom stereocenters. The van der Waals surface area contributed by atoms with Crippen molar-refractivity contribution in [1.29, 1.82) is 0 Å². The number of carbonyl (C=O) groups excluding carboxylic acids is 2. The molecule has 0 fully saturated rings. The third-order valence-corrected chi connectivity index (χ3v) is 4.93. The van der Waals surface area contributed by atoms with E-state index in [0.29, 0.717) is 28.0 Å². The van der Waals surface area contributed by atoms with E-state index in [4.69, 9.17) is 4.74 Å². The maximum absolute atomic E-state index is 13.2. The topological polar surface area (TPSA) is 59.5 Å². The van der Waals surface area contributed by atoms with Crippen LogP contribution in [0.1, 0.15) is 20.7 Å². The van der Waals surface area contributed by atoms with Crippen molar-refractivity contribution in [3.8, 4) is 5.75 Å². The Hall–Kier alpha value is -3.73. The average Bonchev–Trinajstić information content (AvgIpc) is 2.71. The van der Waals surface area contributed by atoms with Gasteiger partial charge >= 0.3 is 0 Å². The number of anilines is 1. The van der Waals surface area contributed by atoms with Gasteiger partial charge in [-0.25, -0.2) is 4.90 Å². The zero-order valence-electron chi connectivity index (χ0n) is 14.5. The number of rotatable bonds is 2. The van der Waals surface area contributed by atoms with Gasteiger partial charge in [-0.1, -0.05) is 18.2 Å². The lowest BCUT2D eigenvalue weighted by Crippen LogP contribution is -2.40. The van der Waals surface area contributed by atoms with Crippen LogP contribution in [0.25, 0.3) is 21.7 Å². The number of imide groups is 1. The van der Waals surface area contributed by atoms with Crippen molar-refractivity contribution in [2.75, 3.05) is 12.0 Å². The minimum absolute atomic E-state index is 0.338. The van der Waals surface area contributed by atoms with Gasteiger partial charge in [0.15, 0.2) is 0 Å². The van der Waals surface area contributed by atoms with Crippen molar-refractivity contribution in [2.45, 2.75) is 0 Å². The standard InChI is InChI=1S/C22H14N2O3/c1-27-19-10-8-17-20-15(19)5-2-6-16(20)21(25)24(22(17)26)14-7-9-18-13(12-14)4-3-11-23-18/h2-12H,1H3. The Bertz CT molecular complexity index is 1240. The molecule has 0 saturated carbocycles. The quantitative estimate of drug-likeness (QED) is 0.506. The molecule has 1 aromatic heterocycles. The molecule has 0 N–H and O–H groups in total. The fraction of sp³-hybridized carbons (Fsp3) is 0.0455. The summed E-state index contributed by atoms with van der Waals surface area (Å²) in [6.07, 6.45) is 1.71. The summed E-state index contributed by atoms with van der Waals surface area (Å²) in [5.41, 5.74) is 2.33. The Morgan fingerprint density at radius 2 is 1.70 bits per heavy atom. The van der Waals surface area contributed by atoms with E-state index in [2.05, 4.69) is 4.98 Å². The highest BCUT2D eigenvalue weighted by Crippen LogP contribution is 2.37. The molecule has 3 aromatic carbocycles. The number of ether oxygens (including phenoxy) is 1. The molecule has 1 aliphatic rings. The van der Waals surface area contributed by atoms with Crippen molar-refractivity contribution < 1.29 is 14.3 Å². The third-order valence-electron chi connectivity index (χ3n) is 4.93. The fourth-order valence-corrected chi connectivity index (χ4v) is 3.68. The molecule has 5 heteroatoms. The number of fused-ring (bicyclic) bond motifs is 1. The zero-order chi connectivity index (χ0) is 18.5. The molecule has 0 aliphatic carbocycles. The van der Waals surface area contributed by atoms with Gasteiger partial charge in [0.2, 0.25) is 0 Å². The lowest BCUT2D eigenvalue weighted by Gasteiger charge is -2.27. The van der Waals surface area contributed by atoms with Gasteiger partial charge in [-0.15, -0.1) is 0 Å².